The van der Waals surface area contributed by atoms with Crippen molar-refractivity contribution in [2.24, 2.45) is 5.92 Å². The second-order valence-corrected chi connectivity index (χ2v) is 3.15. The first-order valence-corrected chi connectivity index (χ1v) is 3.87. The van der Waals surface area contributed by atoms with Crippen LogP contribution in [0.2, 0.25) is 0 Å². The fraction of sp³-hybridized carbons (Fsp3) is 0.625. The molecular weight excluding hydrogens is 124 g/mol. The van der Waals surface area contributed by atoms with Gasteiger partial charge in [-0.25, -0.2) is 0 Å². The molecule has 0 saturated heterocycles. The van der Waals surface area contributed by atoms with E-state index in [4.69, 9.17) is 0 Å². The van der Waals surface area contributed by atoms with Crippen LogP contribution < -0.4 is 0 Å². The lowest BCUT2D eigenvalue weighted by atomic mass is 10.0. The molecule has 0 aliphatic carbocycles. The van der Waals surface area contributed by atoms with Gasteiger partial charge in [0.15, 0.2) is 0 Å². The van der Waals surface area contributed by atoms with Crippen LogP contribution in [0.4, 0.5) is 0 Å². The lowest BCUT2D eigenvalue weighted by Crippen LogP contribution is -2.18. The van der Waals surface area contributed by atoms with Gasteiger partial charge in [0.05, 0.1) is 0 Å². The maximum atomic E-state index is 4.22. The van der Waals surface area contributed by atoms with Gasteiger partial charge in [0.2, 0.25) is 0 Å². The highest BCUT2D eigenvalue weighted by Crippen LogP contribution is 2.17. The van der Waals surface area contributed by atoms with Crippen molar-refractivity contribution in [2.45, 2.75) is 26.3 Å². The Bertz CT molecular complexity index is 227. The monoisotopic (exact) mass is 136 g/mol. The van der Waals surface area contributed by atoms with Crippen LogP contribution in [0.15, 0.2) is 12.3 Å². The van der Waals surface area contributed by atoms with Gasteiger partial charge in [0.25, 0.3) is 0 Å². The van der Waals surface area contributed by atoms with Gasteiger partial charge in [-0.2, -0.15) is 5.10 Å². The van der Waals surface area contributed by atoms with E-state index in [1.54, 1.807) is 0 Å². The van der Waals surface area contributed by atoms with Gasteiger partial charge in [0.1, 0.15) is 0 Å². The third kappa shape index (κ3) is 0.838. The zero-order valence-corrected chi connectivity index (χ0v) is 6.25. The predicted octanol–water partition coefficient (Wildman–Crippen LogP) is 1.47. The first-order chi connectivity index (χ1) is 4.86. The van der Waals surface area contributed by atoms with Crippen molar-refractivity contribution >= 4 is 0 Å². The molecular formula is C8H12N2. The highest BCUT2D eigenvalue weighted by molar-refractivity contribution is 5.02. The molecule has 2 nitrogen and oxygen atoms in total. The molecule has 2 rings (SSSR count). The van der Waals surface area contributed by atoms with Crippen molar-refractivity contribution in [2.75, 3.05) is 0 Å². The number of nitrogens with zero attached hydrogens (tertiary/aromatic N) is 2. The fourth-order valence-electron chi connectivity index (χ4n) is 1.52. The lowest BCUT2D eigenvalue weighted by Gasteiger charge is -2.19. The molecule has 0 aromatic carbocycles. The molecule has 0 N–H and O–H groups in total. The average Bonchev–Trinajstić information content (AvgIpc) is 2.33. The highest BCUT2D eigenvalue weighted by Gasteiger charge is 2.13. The fourth-order valence-corrected chi connectivity index (χ4v) is 1.52. The van der Waals surface area contributed by atoms with Crippen molar-refractivity contribution in [3.8, 4) is 0 Å². The maximum Gasteiger partial charge on any atom is 0.0492 e. The van der Waals surface area contributed by atoms with Crippen molar-refractivity contribution in [3.05, 3.63) is 18.0 Å². The maximum absolute atomic E-state index is 4.22. The average molecular weight is 136 g/mol. The Hall–Kier alpha value is -0.790. The number of aromatic nitrogens is 2. The molecule has 0 radical (unpaired) electrons. The Kier molecular flexibility index (Phi) is 1.26. The van der Waals surface area contributed by atoms with Gasteiger partial charge < -0.3 is 0 Å². The normalized spacial score (nSPS) is 24.3. The largest absolute Gasteiger partial charge is 0.269 e. The van der Waals surface area contributed by atoms with Gasteiger partial charge >= 0.3 is 0 Å². The number of aryl methyl sites for hydroxylation is 1. The number of hydrogen-bond acceptors (Lipinski definition) is 1. The second-order valence-electron chi connectivity index (χ2n) is 3.15. The molecule has 0 fully saturated rings. The SMILES string of the molecule is CC1CCc2ccnn2C1. The summed E-state index contributed by atoms with van der Waals surface area (Å²) in [5.74, 6) is 0.812. The number of hydrogen-bond donors (Lipinski definition) is 0. The van der Waals surface area contributed by atoms with Crippen molar-refractivity contribution in [1.29, 1.82) is 0 Å². The summed E-state index contributed by atoms with van der Waals surface area (Å²) in [6.45, 7) is 3.40. The number of fused-ring (bicyclic) bond motifs is 1. The molecule has 1 aromatic heterocycles. The molecule has 1 atom stereocenters. The Labute approximate surface area is 60.9 Å². The van der Waals surface area contributed by atoms with Crippen LogP contribution in [-0.4, -0.2) is 9.78 Å². The van der Waals surface area contributed by atoms with Crippen molar-refractivity contribution in [3.63, 3.8) is 0 Å². The van der Waals surface area contributed by atoms with Gasteiger partial charge in [-0.15, -0.1) is 0 Å². The third-order valence-electron chi connectivity index (χ3n) is 2.18. The molecule has 10 heavy (non-hydrogen) atoms. The Balaban J connectivity index is 2.30. The van der Waals surface area contributed by atoms with Crippen molar-refractivity contribution < 1.29 is 0 Å². The highest BCUT2D eigenvalue weighted by atomic mass is 15.3. The third-order valence-corrected chi connectivity index (χ3v) is 2.18. The standard InChI is InChI=1S/C8H12N2/c1-7-2-3-8-4-5-9-10(8)6-7/h4-5,7H,2-3,6H2,1H3. The topological polar surface area (TPSA) is 17.8 Å². The molecule has 1 aliphatic rings. The van der Waals surface area contributed by atoms with Gasteiger partial charge in [0, 0.05) is 18.4 Å². The van der Waals surface area contributed by atoms with Gasteiger partial charge in [-0.1, -0.05) is 6.92 Å². The minimum absolute atomic E-state index is 0.812. The molecule has 0 amide bonds. The van der Waals surface area contributed by atoms with Crippen molar-refractivity contribution in [1.82, 2.24) is 9.78 Å². The molecule has 0 bridgehead atoms. The summed E-state index contributed by atoms with van der Waals surface area (Å²) in [7, 11) is 0. The molecule has 0 saturated carbocycles. The molecule has 1 unspecified atom stereocenters. The minimum Gasteiger partial charge on any atom is -0.269 e. The van der Waals surface area contributed by atoms with Crippen LogP contribution in [-0.2, 0) is 13.0 Å². The molecule has 0 spiro atoms. The predicted molar refractivity (Wildman–Crippen MR) is 39.7 cm³/mol. The Morgan fingerprint density at radius 2 is 2.60 bits per heavy atom. The smallest absolute Gasteiger partial charge is 0.0492 e. The van der Waals surface area contributed by atoms with E-state index in [0.717, 1.165) is 12.5 Å². The lowest BCUT2D eigenvalue weighted by molar-refractivity contribution is 0.372. The van der Waals surface area contributed by atoms with E-state index in [1.807, 2.05) is 6.20 Å². The van der Waals surface area contributed by atoms with E-state index in [9.17, 15) is 0 Å². The first-order valence-electron chi connectivity index (χ1n) is 3.87. The van der Waals surface area contributed by atoms with E-state index in [2.05, 4.69) is 22.8 Å². The van der Waals surface area contributed by atoms with E-state index in [-0.39, 0.29) is 0 Å². The summed E-state index contributed by atoms with van der Waals surface area (Å²) >= 11 is 0. The molecule has 1 aliphatic heterocycles. The summed E-state index contributed by atoms with van der Waals surface area (Å²) in [5.41, 5.74) is 1.40. The summed E-state index contributed by atoms with van der Waals surface area (Å²) in [6, 6.07) is 2.12. The Morgan fingerprint density at radius 1 is 1.70 bits per heavy atom. The molecule has 2 heteroatoms. The zero-order valence-electron chi connectivity index (χ0n) is 6.25. The van der Waals surface area contributed by atoms with Crippen LogP contribution in [0.3, 0.4) is 0 Å². The minimum atomic E-state index is 0.812. The summed E-state index contributed by atoms with van der Waals surface area (Å²) in [5, 5.41) is 4.22. The zero-order chi connectivity index (χ0) is 6.97. The van der Waals surface area contributed by atoms with E-state index < -0.39 is 0 Å². The van der Waals surface area contributed by atoms with E-state index in [1.165, 1.54) is 18.5 Å². The Morgan fingerprint density at radius 3 is 3.50 bits per heavy atom. The molecule has 54 valence electrons. The van der Waals surface area contributed by atoms with Crippen LogP contribution in [0.25, 0.3) is 0 Å². The van der Waals surface area contributed by atoms with Gasteiger partial charge in [-0.3, -0.25) is 4.68 Å². The molecule has 2 heterocycles. The van der Waals surface area contributed by atoms with Crippen LogP contribution >= 0.6 is 0 Å². The quantitative estimate of drug-likeness (QED) is 0.528. The van der Waals surface area contributed by atoms with E-state index >= 15 is 0 Å². The van der Waals surface area contributed by atoms with Gasteiger partial charge in [-0.05, 0) is 24.8 Å². The summed E-state index contributed by atoms with van der Waals surface area (Å²) in [4.78, 5) is 0. The van der Waals surface area contributed by atoms with E-state index in [0.29, 0.717) is 0 Å². The number of rotatable bonds is 0. The van der Waals surface area contributed by atoms with Crippen LogP contribution in [0.5, 0.6) is 0 Å². The second kappa shape index (κ2) is 2.11. The van der Waals surface area contributed by atoms with Crippen LogP contribution in [0, 0.1) is 5.92 Å². The summed E-state index contributed by atoms with van der Waals surface area (Å²) < 4.78 is 2.12. The summed E-state index contributed by atoms with van der Waals surface area (Å²) in [6.07, 6.45) is 4.43. The molecule has 1 aromatic rings. The first kappa shape index (κ1) is 5.96. The van der Waals surface area contributed by atoms with Crippen LogP contribution in [0.1, 0.15) is 19.0 Å².